The first-order valence-electron chi connectivity index (χ1n) is 6.76. The molecule has 0 radical (unpaired) electrons. The molecule has 0 aliphatic carbocycles. The van der Waals surface area contributed by atoms with Crippen LogP contribution >= 0.6 is 0 Å². The van der Waals surface area contributed by atoms with Gasteiger partial charge in [-0.1, -0.05) is 30.3 Å². The van der Waals surface area contributed by atoms with Crippen molar-refractivity contribution in [3.8, 4) is 0 Å². The molecule has 0 unspecified atom stereocenters. The number of hydrogen-bond donors (Lipinski definition) is 2. The van der Waals surface area contributed by atoms with Gasteiger partial charge in [0.1, 0.15) is 6.73 Å². The number of carboxylic acids is 1. The number of rotatable bonds is 6. The molecule has 22 heavy (non-hydrogen) atoms. The molecule has 2 aromatic carbocycles. The molecule has 0 saturated carbocycles. The number of carbonyl (C=O) groups is 1. The maximum absolute atomic E-state index is 10.4. The van der Waals surface area contributed by atoms with Gasteiger partial charge in [-0.05, 0) is 29.8 Å². The number of ether oxygens (including phenoxy) is 2. The van der Waals surface area contributed by atoms with Crippen molar-refractivity contribution in [3.63, 3.8) is 0 Å². The lowest BCUT2D eigenvalue weighted by atomic mass is 10.1. The molecule has 0 bridgehead atoms. The minimum Gasteiger partial charge on any atom is -0.478 e. The quantitative estimate of drug-likeness (QED) is 0.802. The lowest BCUT2D eigenvalue weighted by molar-refractivity contribution is 0.0697. The summed E-state index contributed by atoms with van der Waals surface area (Å²) in [5.74, 6) is -0.904. The van der Waals surface area contributed by atoms with Crippen LogP contribution in [0.4, 0.5) is 5.69 Å². The van der Waals surface area contributed by atoms with Gasteiger partial charge in [0.2, 0.25) is 0 Å². The highest BCUT2D eigenvalue weighted by molar-refractivity contribution is 5.87. The summed E-state index contributed by atoms with van der Waals surface area (Å²) in [6.45, 7) is 1.07. The van der Waals surface area contributed by atoms with Crippen LogP contribution < -0.4 is 5.32 Å². The molecule has 5 heteroatoms. The summed E-state index contributed by atoms with van der Waals surface area (Å²) in [5.41, 5.74) is 2.36. The van der Waals surface area contributed by atoms with Crippen molar-refractivity contribution in [1.82, 2.24) is 0 Å². The van der Waals surface area contributed by atoms with Gasteiger partial charge in [-0.15, -0.1) is 0 Å². The van der Waals surface area contributed by atoms with Crippen LogP contribution in [0.25, 0.3) is 0 Å². The largest absolute Gasteiger partial charge is 0.478 e. The van der Waals surface area contributed by atoms with Gasteiger partial charge in [-0.3, -0.25) is 0 Å². The normalized spacial score (nSPS) is 9.55. The molecule has 0 amide bonds. The van der Waals surface area contributed by atoms with Gasteiger partial charge in [0, 0.05) is 19.9 Å². The SMILES string of the molecule is COCNc1ccccc1.COCc1ccc(C(=O)O)cc1. The molecular formula is C17H21NO4. The second-order valence-electron chi connectivity index (χ2n) is 4.41. The Balaban J connectivity index is 0.000000224. The van der Waals surface area contributed by atoms with E-state index >= 15 is 0 Å². The van der Waals surface area contributed by atoms with Gasteiger partial charge in [0.25, 0.3) is 0 Å². The molecule has 0 aliphatic rings. The van der Waals surface area contributed by atoms with E-state index in [2.05, 4.69) is 5.32 Å². The number of anilines is 1. The zero-order valence-electron chi connectivity index (χ0n) is 12.8. The number of nitrogens with one attached hydrogen (secondary N) is 1. The summed E-state index contributed by atoms with van der Waals surface area (Å²) < 4.78 is 9.72. The van der Waals surface area contributed by atoms with E-state index in [1.165, 1.54) is 0 Å². The van der Waals surface area contributed by atoms with E-state index in [9.17, 15) is 4.79 Å². The summed E-state index contributed by atoms with van der Waals surface area (Å²) in [6.07, 6.45) is 0. The van der Waals surface area contributed by atoms with E-state index in [1.54, 1.807) is 38.5 Å². The fourth-order valence-corrected chi connectivity index (χ4v) is 1.62. The van der Waals surface area contributed by atoms with E-state index < -0.39 is 5.97 Å². The Morgan fingerprint density at radius 3 is 2.14 bits per heavy atom. The fraction of sp³-hybridized carbons (Fsp3) is 0.235. The summed E-state index contributed by atoms with van der Waals surface area (Å²) in [7, 11) is 3.26. The first-order valence-corrected chi connectivity index (χ1v) is 6.76. The Kier molecular flexibility index (Phi) is 8.33. The van der Waals surface area contributed by atoms with Crippen LogP contribution in [0.3, 0.4) is 0 Å². The van der Waals surface area contributed by atoms with Gasteiger partial charge < -0.3 is 19.9 Å². The Morgan fingerprint density at radius 2 is 1.64 bits per heavy atom. The van der Waals surface area contributed by atoms with Gasteiger partial charge in [-0.2, -0.15) is 0 Å². The van der Waals surface area contributed by atoms with Gasteiger partial charge in [0.05, 0.1) is 12.2 Å². The smallest absolute Gasteiger partial charge is 0.335 e. The van der Waals surface area contributed by atoms with Crippen LogP contribution in [0.1, 0.15) is 15.9 Å². The molecule has 2 rings (SSSR count). The molecule has 118 valence electrons. The molecule has 2 aromatic rings. The lowest BCUT2D eigenvalue weighted by Crippen LogP contribution is -2.01. The molecule has 0 aliphatic heterocycles. The predicted octanol–water partition coefficient (Wildman–Crippen LogP) is 3.23. The fourth-order valence-electron chi connectivity index (χ4n) is 1.62. The van der Waals surface area contributed by atoms with Gasteiger partial charge in [-0.25, -0.2) is 4.79 Å². The molecule has 0 atom stereocenters. The molecule has 0 spiro atoms. The van der Waals surface area contributed by atoms with E-state index in [0.29, 0.717) is 18.9 Å². The number of methoxy groups -OCH3 is 2. The summed E-state index contributed by atoms with van der Waals surface area (Å²) >= 11 is 0. The molecule has 0 heterocycles. The van der Waals surface area contributed by atoms with Crippen molar-refractivity contribution >= 4 is 11.7 Å². The van der Waals surface area contributed by atoms with Crippen molar-refractivity contribution in [2.45, 2.75) is 6.61 Å². The van der Waals surface area contributed by atoms with E-state index in [4.69, 9.17) is 14.6 Å². The number of aromatic carboxylic acids is 1. The number of benzene rings is 2. The van der Waals surface area contributed by atoms with Crippen LogP contribution in [0.2, 0.25) is 0 Å². The third-order valence-electron chi connectivity index (χ3n) is 2.71. The van der Waals surface area contributed by atoms with Crippen LogP contribution in [0.15, 0.2) is 54.6 Å². The molecule has 0 fully saturated rings. The lowest BCUT2D eigenvalue weighted by Gasteiger charge is -2.02. The predicted molar refractivity (Wildman–Crippen MR) is 86.1 cm³/mol. The zero-order chi connectivity index (χ0) is 16.2. The molecular weight excluding hydrogens is 282 g/mol. The van der Waals surface area contributed by atoms with Crippen LogP contribution in [-0.4, -0.2) is 32.0 Å². The first kappa shape index (κ1) is 17.7. The summed E-state index contributed by atoms with van der Waals surface area (Å²) in [4.78, 5) is 10.4. The highest BCUT2D eigenvalue weighted by Crippen LogP contribution is 2.05. The molecule has 0 saturated heterocycles. The first-order chi connectivity index (χ1) is 10.7. The zero-order valence-corrected chi connectivity index (χ0v) is 12.8. The van der Waals surface area contributed by atoms with Crippen molar-refractivity contribution in [2.75, 3.05) is 26.3 Å². The Hall–Kier alpha value is -2.37. The van der Waals surface area contributed by atoms with Gasteiger partial charge >= 0.3 is 5.97 Å². The van der Waals surface area contributed by atoms with Crippen molar-refractivity contribution < 1.29 is 19.4 Å². The third-order valence-corrected chi connectivity index (χ3v) is 2.71. The third kappa shape index (κ3) is 6.88. The summed E-state index contributed by atoms with van der Waals surface area (Å²) in [5, 5.41) is 11.6. The Labute approximate surface area is 130 Å². The average Bonchev–Trinajstić information content (AvgIpc) is 2.55. The van der Waals surface area contributed by atoms with Gasteiger partial charge in [0.15, 0.2) is 0 Å². The molecule has 5 nitrogen and oxygen atoms in total. The molecule has 0 aromatic heterocycles. The minimum atomic E-state index is -0.904. The highest BCUT2D eigenvalue weighted by Gasteiger charge is 2.00. The minimum absolute atomic E-state index is 0.301. The molecule has 2 N–H and O–H groups in total. The van der Waals surface area contributed by atoms with E-state index in [0.717, 1.165) is 11.3 Å². The Morgan fingerprint density at radius 1 is 1.00 bits per heavy atom. The van der Waals surface area contributed by atoms with Crippen LogP contribution in [0, 0.1) is 0 Å². The number of hydrogen-bond acceptors (Lipinski definition) is 4. The highest BCUT2D eigenvalue weighted by atomic mass is 16.5. The average molecular weight is 303 g/mol. The maximum atomic E-state index is 10.4. The van der Waals surface area contributed by atoms with Crippen LogP contribution in [0.5, 0.6) is 0 Å². The second-order valence-corrected chi connectivity index (χ2v) is 4.41. The number of carboxylic acid groups (broad SMARTS) is 1. The van der Waals surface area contributed by atoms with Crippen molar-refractivity contribution in [1.29, 1.82) is 0 Å². The van der Waals surface area contributed by atoms with Crippen LogP contribution in [-0.2, 0) is 16.1 Å². The maximum Gasteiger partial charge on any atom is 0.335 e. The Bertz CT molecular complexity index is 540. The van der Waals surface area contributed by atoms with Crippen molar-refractivity contribution in [2.24, 2.45) is 0 Å². The summed E-state index contributed by atoms with van der Waals surface area (Å²) in [6, 6.07) is 16.6. The van der Waals surface area contributed by atoms with Crippen molar-refractivity contribution in [3.05, 3.63) is 65.7 Å². The topological polar surface area (TPSA) is 67.8 Å². The number of para-hydroxylation sites is 1. The monoisotopic (exact) mass is 303 g/mol. The van der Waals surface area contributed by atoms with E-state index in [1.807, 2.05) is 30.3 Å². The van der Waals surface area contributed by atoms with E-state index in [-0.39, 0.29) is 0 Å². The standard InChI is InChI=1S/C9H10O3.C8H11NO/c1-12-6-7-2-4-8(5-3-7)9(10)11;1-10-7-9-8-5-3-2-4-6-8/h2-5H,6H2,1H3,(H,10,11);2-6,9H,7H2,1H3. The second kappa shape index (κ2) is 10.4.